The lowest BCUT2D eigenvalue weighted by Gasteiger charge is -2.13. The van der Waals surface area contributed by atoms with E-state index in [9.17, 15) is 0 Å². The highest BCUT2D eigenvalue weighted by molar-refractivity contribution is 7.98. The summed E-state index contributed by atoms with van der Waals surface area (Å²) in [7, 11) is 0. The molecule has 0 fully saturated rings. The quantitative estimate of drug-likeness (QED) is 0.815. The molecule has 1 aromatic heterocycles. The maximum Gasteiger partial charge on any atom is 0.276 e. The Hall–Kier alpha value is -1.04. The van der Waals surface area contributed by atoms with Gasteiger partial charge in [0, 0.05) is 10.8 Å². The molecule has 1 heterocycles. The lowest BCUT2D eigenvalue weighted by molar-refractivity contribution is 0.333. The van der Waals surface area contributed by atoms with Crippen LogP contribution in [0.2, 0.25) is 5.02 Å². The average Bonchev–Trinajstić information content (AvgIpc) is 2.94. The highest BCUT2D eigenvalue weighted by atomic mass is 35.5. The lowest BCUT2D eigenvalue weighted by atomic mass is 10.0. The monoisotopic (exact) mass is 311 g/mol. The minimum absolute atomic E-state index is 0.197. The molecule has 0 bridgehead atoms. The standard InChI is InChI=1S/C14H18ClN3OS/c1-3-9(2)12(16)13-17-18-14(19-13)20-8-10-4-6-11(15)7-5-10/h4-7,9,12H,3,8,16H2,1-2H3/t9-,12+/m1/s1. The second-order valence-electron chi connectivity index (χ2n) is 4.73. The maximum atomic E-state index is 6.07. The first-order valence-electron chi connectivity index (χ1n) is 6.56. The Morgan fingerprint density at radius 2 is 2.00 bits per heavy atom. The second kappa shape index (κ2) is 7.11. The zero-order valence-corrected chi connectivity index (χ0v) is 13.1. The van der Waals surface area contributed by atoms with Crippen LogP contribution in [0.1, 0.15) is 37.8 Å². The molecule has 0 unspecified atom stereocenters. The van der Waals surface area contributed by atoms with Gasteiger partial charge in [-0.25, -0.2) is 0 Å². The molecular weight excluding hydrogens is 294 g/mol. The molecule has 0 radical (unpaired) electrons. The molecule has 2 aromatic rings. The third-order valence-electron chi connectivity index (χ3n) is 3.24. The Labute approximate surface area is 128 Å². The van der Waals surface area contributed by atoms with E-state index in [0.29, 0.717) is 17.0 Å². The van der Waals surface area contributed by atoms with Crippen LogP contribution >= 0.6 is 23.4 Å². The average molecular weight is 312 g/mol. The summed E-state index contributed by atoms with van der Waals surface area (Å²) in [6, 6.07) is 7.51. The van der Waals surface area contributed by atoms with Crippen molar-refractivity contribution in [2.75, 3.05) is 0 Å². The molecule has 2 atom stereocenters. The van der Waals surface area contributed by atoms with E-state index in [0.717, 1.165) is 22.8 Å². The van der Waals surface area contributed by atoms with E-state index >= 15 is 0 Å². The molecule has 6 heteroatoms. The van der Waals surface area contributed by atoms with Gasteiger partial charge in [-0.15, -0.1) is 10.2 Å². The normalized spacial score (nSPS) is 14.2. The number of halogens is 1. The van der Waals surface area contributed by atoms with Crippen molar-refractivity contribution in [2.45, 2.75) is 37.3 Å². The molecule has 2 N–H and O–H groups in total. The molecule has 108 valence electrons. The Kier molecular flexibility index (Phi) is 5.46. The third-order valence-corrected chi connectivity index (χ3v) is 4.38. The number of hydrogen-bond donors (Lipinski definition) is 1. The molecule has 20 heavy (non-hydrogen) atoms. The van der Waals surface area contributed by atoms with Gasteiger partial charge >= 0.3 is 0 Å². The summed E-state index contributed by atoms with van der Waals surface area (Å²) in [4.78, 5) is 0. The largest absolute Gasteiger partial charge is 0.414 e. The number of nitrogens with two attached hydrogens (primary N) is 1. The van der Waals surface area contributed by atoms with Crippen LogP contribution in [-0.4, -0.2) is 10.2 Å². The van der Waals surface area contributed by atoms with Gasteiger partial charge in [-0.1, -0.05) is 55.8 Å². The molecule has 0 saturated carbocycles. The van der Waals surface area contributed by atoms with Crippen molar-refractivity contribution in [3.05, 3.63) is 40.7 Å². The molecule has 0 spiro atoms. The van der Waals surface area contributed by atoms with Gasteiger partial charge in [0.05, 0.1) is 6.04 Å². The molecule has 0 aliphatic carbocycles. The van der Waals surface area contributed by atoms with Crippen molar-refractivity contribution in [2.24, 2.45) is 11.7 Å². The van der Waals surface area contributed by atoms with Gasteiger partial charge in [-0.3, -0.25) is 0 Å². The Morgan fingerprint density at radius 3 is 2.65 bits per heavy atom. The van der Waals surface area contributed by atoms with Crippen molar-refractivity contribution >= 4 is 23.4 Å². The summed E-state index contributed by atoms with van der Waals surface area (Å²) in [6.07, 6.45) is 0.983. The Balaban J connectivity index is 1.94. The third kappa shape index (κ3) is 3.98. The van der Waals surface area contributed by atoms with Gasteiger partial charge in [-0.2, -0.15) is 0 Å². The van der Waals surface area contributed by atoms with Crippen LogP contribution in [0, 0.1) is 5.92 Å². The smallest absolute Gasteiger partial charge is 0.276 e. The predicted octanol–water partition coefficient (Wildman–Crippen LogP) is 4.06. The molecule has 4 nitrogen and oxygen atoms in total. The predicted molar refractivity (Wildman–Crippen MR) is 81.7 cm³/mol. The van der Waals surface area contributed by atoms with Crippen molar-refractivity contribution < 1.29 is 4.42 Å². The SMILES string of the molecule is CC[C@@H](C)[C@H](N)c1nnc(SCc2ccc(Cl)cc2)o1. The molecular formula is C14H18ClN3OS. The zero-order valence-electron chi connectivity index (χ0n) is 11.5. The van der Waals surface area contributed by atoms with Crippen molar-refractivity contribution in [3.8, 4) is 0 Å². The summed E-state index contributed by atoms with van der Waals surface area (Å²) in [5.41, 5.74) is 7.22. The molecule has 0 aliphatic heterocycles. The highest BCUT2D eigenvalue weighted by Crippen LogP contribution is 2.26. The second-order valence-corrected chi connectivity index (χ2v) is 6.10. The van der Waals surface area contributed by atoms with Crippen LogP contribution < -0.4 is 5.73 Å². The van der Waals surface area contributed by atoms with E-state index in [1.807, 2.05) is 24.3 Å². The van der Waals surface area contributed by atoms with Gasteiger partial charge in [0.2, 0.25) is 5.89 Å². The van der Waals surface area contributed by atoms with E-state index in [-0.39, 0.29) is 6.04 Å². The molecule has 0 saturated heterocycles. The topological polar surface area (TPSA) is 64.9 Å². The Bertz CT molecular complexity index is 544. The highest BCUT2D eigenvalue weighted by Gasteiger charge is 2.19. The first kappa shape index (κ1) is 15.4. The van der Waals surface area contributed by atoms with Crippen LogP contribution in [-0.2, 0) is 5.75 Å². The van der Waals surface area contributed by atoms with Gasteiger partial charge in [0.25, 0.3) is 5.22 Å². The molecule has 0 amide bonds. The summed E-state index contributed by atoms with van der Waals surface area (Å²) in [5, 5.41) is 9.34. The number of rotatable bonds is 6. The van der Waals surface area contributed by atoms with E-state index in [4.69, 9.17) is 21.8 Å². The van der Waals surface area contributed by atoms with Gasteiger partial charge in [0.1, 0.15) is 0 Å². The fourth-order valence-electron chi connectivity index (χ4n) is 1.64. The summed E-state index contributed by atoms with van der Waals surface area (Å²) in [5.74, 6) is 1.60. The van der Waals surface area contributed by atoms with Crippen molar-refractivity contribution in [3.63, 3.8) is 0 Å². The number of hydrogen-bond acceptors (Lipinski definition) is 5. The first-order chi connectivity index (χ1) is 9.60. The number of thioether (sulfide) groups is 1. The van der Waals surface area contributed by atoms with Crippen LogP contribution in [0.25, 0.3) is 0 Å². The fourth-order valence-corrected chi connectivity index (χ4v) is 2.49. The first-order valence-corrected chi connectivity index (χ1v) is 7.92. The minimum Gasteiger partial charge on any atom is -0.414 e. The van der Waals surface area contributed by atoms with E-state index in [1.54, 1.807) is 0 Å². The van der Waals surface area contributed by atoms with Crippen molar-refractivity contribution in [1.29, 1.82) is 0 Å². The summed E-state index contributed by atoms with van der Waals surface area (Å²) in [6.45, 7) is 4.17. The number of nitrogens with zero attached hydrogens (tertiary/aromatic N) is 2. The molecule has 0 aliphatic rings. The molecule has 2 rings (SSSR count). The van der Waals surface area contributed by atoms with Gasteiger partial charge in [-0.05, 0) is 23.6 Å². The van der Waals surface area contributed by atoms with Gasteiger partial charge in [0.15, 0.2) is 0 Å². The Morgan fingerprint density at radius 1 is 1.30 bits per heavy atom. The van der Waals surface area contributed by atoms with E-state index < -0.39 is 0 Å². The lowest BCUT2D eigenvalue weighted by Crippen LogP contribution is -2.18. The van der Waals surface area contributed by atoms with E-state index in [1.165, 1.54) is 11.8 Å². The summed E-state index contributed by atoms with van der Waals surface area (Å²) < 4.78 is 5.60. The molecule has 1 aromatic carbocycles. The minimum atomic E-state index is -0.197. The van der Waals surface area contributed by atoms with Crippen LogP contribution in [0.5, 0.6) is 0 Å². The van der Waals surface area contributed by atoms with Gasteiger partial charge < -0.3 is 10.2 Å². The van der Waals surface area contributed by atoms with Crippen molar-refractivity contribution in [1.82, 2.24) is 10.2 Å². The van der Waals surface area contributed by atoms with Crippen LogP contribution in [0.3, 0.4) is 0 Å². The van der Waals surface area contributed by atoms with E-state index in [2.05, 4.69) is 24.0 Å². The van der Waals surface area contributed by atoms with Crippen LogP contribution in [0.15, 0.2) is 33.9 Å². The number of aromatic nitrogens is 2. The summed E-state index contributed by atoms with van der Waals surface area (Å²) >= 11 is 7.35. The fraction of sp³-hybridized carbons (Fsp3) is 0.429. The van der Waals surface area contributed by atoms with Crippen LogP contribution in [0.4, 0.5) is 0 Å². The zero-order chi connectivity index (χ0) is 14.5. The maximum absolute atomic E-state index is 6.07. The number of benzene rings is 1.